The summed E-state index contributed by atoms with van der Waals surface area (Å²) in [6.07, 6.45) is 2.13. The van der Waals surface area contributed by atoms with Crippen LogP contribution in [-0.4, -0.2) is 31.3 Å². The summed E-state index contributed by atoms with van der Waals surface area (Å²) in [6.45, 7) is 4.25. The fraction of sp³-hybridized carbons (Fsp3) is 0.615. The maximum absolute atomic E-state index is 5.78. The second kappa shape index (κ2) is 5.47. The third-order valence-electron chi connectivity index (χ3n) is 3.39. The van der Waals surface area contributed by atoms with Crippen LogP contribution in [0.3, 0.4) is 0 Å². The highest BCUT2D eigenvalue weighted by Crippen LogP contribution is 2.23. The Labute approximate surface area is 103 Å². The third kappa shape index (κ3) is 2.76. The van der Waals surface area contributed by atoms with Crippen molar-refractivity contribution in [3.8, 4) is 0 Å². The molecular weight excluding hydrogens is 214 g/mol. The SMILES string of the molecule is Cc1ccc(CN)c(N(C)C2CCOCC2)n1. The minimum absolute atomic E-state index is 0.517. The van der Waals surface area contributed by atoms with Gasteiger partial charge in [-0.1, -0.05) is 6.07 Å². The zero-order valence-corrected chi connectivity index (χ0v) is 10.6. The van der Waals surface area contributed by atoms with E-state index in [4.69, 9.17) is 10.5 Å². The lowest BCUT2D eigenvalue weighted by molar-refractivity contribution is 0.0853. The van der Waals surface area contributed by atoms with Crippen molar-refractivity contribution in [3.05, 3.63) is 23.4 Å². The Hall–Kier alpha value is -1.13. The summed E-state index contributed by atoms with van der Waals surface area (Å²) in [4.78, 5) is 6.89. The number of aromatic nitrogens is 1. The van der Waals surface area contributed by atoms with Crippen molar-refractivity contribution in [3.63, 3.8) is 0 Å². The molecule has 0 aliphatic carbocycles. The van der Waals surface area contributed by atoms with Crippen molar-refractivity contribution in [2.45, 2.75) is 32.4 Å². The molecule has 2 heterocycles. The Balaban J connectivity index is 2.21. The minimum Gasteiger partial charge on any atom is -0.381 e. The first-order valence-corrected chi connectivity index (χ1v) is 6.19. The second-order valence-corrected chi connectivity index (χ2v) is 4.59. The van der Waals surface area contributed by atoms with Crippen molar-refractivity contribution < 1.29 is 4.74 Å². The van der Waals surface area contributed by atoms with E-state index in [1.807, 2.05) is 13.0 Å². The summed E-state index contributed by atoms with van der Waals surface area (Å²) in [7, 11) is 2.11. The summed E-state index contributed by atoms with van der Waals surface area (Å²) < 4.78 is 5.39. The molecule has 0 spiro atoms. The Morgan fingerprint density at radius 1 is 1.41 bits per heavy atom. The number of aryl methyl sites for hydroxylation is 1. The van der Waals surface area contributed by atoms with Crippen LogP contribution in [0.25, 0.3) is 0 Å². The molecular formula is C13H21N3O. The van der Waals surface area contributed by atoms with Crippen LogP contribution in [0.5, 0.6) is 0 Å². The van der Waals surface area contributed by atoms with Gasteiger partial charge in [0.15, 0.2) is 0 Å². The topological polar surface area (TPSA) is 51.4 Å². The monoisotopic (exact) mass is 235 g/mol. The molecule has 1 aliphatic heterocycles. The van der Waals surface area contributed by atoms with E-state index in [9.17, 15) is 0 Å². The summed E-state index contributed by atoms with van der Waals surface area (Å²) in [5.74, 6) is 1.03. The molecule has 0 bridgehead atoms. The quantitative estimate of drug-likeness (QED) is 0.862. The number of hydrogen-bond donors (Lipinski definition) is 1. The molecule has 1 aromatic rings. The molecule has 0 atom stereocenters. The molecule has 0 saturated carbocycles. The van der Waals surface area contributed by atoms with Gasteiger partial charge in [-0.2, -0.15) is 0 Å². The molecule has 94 valence electrons. The van der Waals surface area contributed by atoms with Crippen LogP contribution in [0.15, 0.2) is 12.1 Å². The Morgan fingerprint density at radius 2 is 2.12 bits per heavy atom. The predicted octanol–water partition coefficient (Wildman–Crippen LogP) is 1.46. The van der Waals surface area contributed by atoms with Gasteiger partial charge in [-0.3, -0.25) is 0 Å². The molecule has 1 aliphatic rings. The third-order valence-corrected chi connectivity index (χ3v) is 3.39. The zero-order chi connectivity index (χ0) is 12.3. The lowest BCUT2D eigenvalue weighted by Crippen LogP contribution is -2.37. The Kier molecular flexibility index (Phi) is 3.97. The summed E-state index contributed by atoms with van der Waals surface area (Å²) in [5.41, 5.74) is 7.93. The van der Waals surface area contributed by atoms with Crippen LogP contribution in [0, 0.1) is 6.92 Å². The van der Waals surface area contributed by atoms with Crippen LogP contribution >= 0.6 is 0 Å². The number of nitrogens with two attached hydrogens (primary N) is 1. The highest BCUT2D eigenvalue weighted by Gasteiger charge is 2.21. The van der Waals surface area contributed by atoms with Gasteiger partial charge in [0.2, 0.25) is 0 Å². The van der Waals surface area contributed by atoms with Gasteiger partial charge >= 0.3 is 0 Å². The molecule has 1 aromatic heterocycles. The van der Waals surface area contributed by atoms with Gasteiger partial charge in [0.1, 0.15) is 5.82 Å². The van der Waals surface area contributed by atoms with E-state index in [2.05, 4.69) is 23.0 Å². The van der Waals surface area contributed by atoms with Crippen LogP contribution in [0.4, 0.5) is 5.82 Å². The molecule has 17 heavy (non-hydrogen) atoms. The molecule has 2 rings (SSSR count). The van der Waals surface area contributed by atoms with E-state index in [-0.39, 0.29) is 0 Å². The number of anilines is 1. The van der Waals surface area contributed by atoms with Gasteiger partial charge in [0, 0.05) is 44.1 Å². The molecule has 4 nitrogen and oxygen atoms in total. The Bertz CT molecular complexity index is 375. The first kappa shape index (κ1) is 12.3. The average Bonchev–Trinajstić information content (AvgIpc) is 2.39. The molecule has 0 aromatic carbocycles. The van der Waals surface area contributed by atoms with Crippen LogP contribution in [0.2, 0.25) is 0 Å². The van der Waals surface area contributed by atoms with E-state index in [0.717, 1.165) is 43.1 Å². The smallest absolute Gasteiger partial charge is 0.133 e. The highest BCUT2D eigenvalue weighted by atomic mass is 16.5. The molecule has 1 fully saturated rings. The lowest BCUT2D eigenvalue weighted by atomic mass is 10.1. The number of hydrogen-bond acceptors (Lipinski definition) is 4. The van der Waals surface area contributed by atoms with E-state index in [1.54, 1.807) is 0 Å². The van der Waals surface area contributed by atoms with E-state index < -0.39 is 0 Å². The largest absolute Gasteiger partial charge is 0.381 e. The summed E-state index contributed by atoms with van der Waals surface area (Å²) >= 11 is 0. The van der Waals surface area contributed by atoms with Crippen molar-refractivity contribution in [2.24, 2.45) is 5.73 Å². The van der Waals surface area contributed by atoms with Crippen LogP contribution in [-0.2, 0) is 11.3 Å². The van der Waals surface area contributed by atoms with Crippen LogP contribution in [0.1, 0.15) is 24.1 Å². The van der Waals surface area contributed by atoms with Crippen molar-refractivity contribution >= 4 is 5.82 Å². The maximum Gasteiger partial charge on any atom is 0.133 e. The maximum atomic E-state index is 5.78. The van der Waals surface area contributed by atoms with Gasteiger partial charge in [0.05, 0.1) is 0 Å². The first-order chi connectivity index (χ1) is 8.22. The standard InChI is InChI=1S/C13H21N3O/c1-10-3-4-11(9-14)13(15-10)16(2)12-5-7-17-8-6-12/h3-4,12H,5-9,14H2,1-2H3. The van der Waals surface area contributed by atoms with Crippen LogP contribution < -0.4 is 10.6 Å². The van der Waals surface area contributed by atoms with E-state index in [1.165, 1.54) is 0 Å². The molecule has 4 heteroatoms. The number of nitrogens with zero attached hydrogens (tertiary/aromatic N) is 2. The van der Waals surface area contributed by atoms with Gasteiger partial charge in [-0.25, -0.2) is 4.98 Å². The molecule has 1 saturated heterocycles. The van der Waals surface area contributed by atoms with Gasteiger partial charge < -0.3 is 15.4 Å². The van der Waals surface area contributed by atoms with E-state index in [0.29, 0.717) is 12.6 Å². The van der Waals surface area contributed by atoms with Crippen molar-refractivity contribution in [1.82, 2.24) is 4.98 Å². The second-order valence-electron chi connectivity index (χ2n) is 4.59. The number of rotatable bonds is 3. The van der Waals surface area contributed by atoms with Gasteiger partial charge in [0.25, 0.3) is 0 Å². The van der Waals surface area contributed by atoms with Gasteiger partial charge in [-0.15, -0.1) is 0 Å². The predicted molar refractivity (Wildman–Crippen MR) is 69.1 cm³/mol. The number of pyridine rings is 1. The molecule has 0 amide bonds. The molecule has 0 radical (unpaired) electrons. The normalized spacial score (nSPS) is 17.1. The lowest BCUT2D eigenvalue weighted by Gasteiger charge is -2.33. The van der Waals surface area contributed by atoms with Crippen molar-refractivity contribution in [2.75, 3.05) is 25.2 Å². The summed E-state index contributed by atoms with van der Waals surface area (Å²) in [5, 5.41) is 0. The zero-order valence-electron chi connectivity index (χ0n) is 10.6. The summed E-state index contributed by atoms with van der Waals surface area (Å²) in [6, 6.07) is 4.61. The molecule has 2 N–H and O–H groups in total. The minimum atomic E-state index is 0.517. The fourth-order valence-corrected chi connectivity index (χ4v) is 2.28. The Morgan fingerprint density at radius 3 is 2.76 bits per heavy atom. The van der Waals surface area contributed by atoms with Gasteiger partial charge in [-0.05, 0) is 25.8 Å². The number of ether oxygens (including phenoxy) is 1. The van der Waals surface area contributed by atoms with E-state index >= 15 is 0 Å². The molecule has 0 unspecified atom stereocenters. The highest BCUT2D eigenvalue weighted by molar-refractivity contribution is 5.48. The average molecular weight is 235 g/mol. The first-order valence-electron chi connectivity index (χ1n) is 6.19. The van der Waals surface area contributed by atoms with Crippen molar-refractivity contribution in [1.29, 1.82) is 0 Å². The fourth-order valence-electron chi connectivity index (χ4n) is 2.28.